The van der Waals surface area contributed by atoms with Crippen molar-refractivity contribution in [3.05, 3.63) is 24.3 Å². The van der Waals surface area contributed by atoms with Gasteiger partial charge in [0, 0.05) is 0 Å². The van der Waals surface area contributed by atoms with Crippen LogP contribution in [0.15, 0.2) is 29.4 Å². The molecule has 2 aromatic rings. The van der Waals surface area contributed by atoms with Crippen LogP contribution < -0.4 is 10.6 Å². The lowest BCUT2D eigenvalue weighted by molar-refractivity contribution is -0.133. The second-order valence-electron chi connectivity index (χ2n) is 3.56. The van der Waals surface area contributed by atoms with Crippen molar-refractivity contribution in [2.24, 2.45) is 0 Å². The lowest BCUT2D eigenvalue weighted by atomic mass is 10.2. The van der Waals surface area contributed by atoms with Crippen LogP contribution in [0.4, 0.5) is 0 Å². The maximum Gasteiger partial charge on any atom is 0.313 e. The summed E-state index contributed by atoms with van der Waals surface area (Å²) in [6.45, 7) is 0. The molecule has 1 heterocycles. The molecule has 0 fully saturated rings. The Morgan fingerprint density at radius 2 is 2.21 bits per heavy atom. The summed E-state index contributed by atoms with van der Waals surface area (Å²) in [5.41, 5.74) is 0.696. The molecule has 0 spiro atoms. The average molecular weight is 280 g/mol. The van der Waals surface area contributed by atoms with Crippen LogP contribution in [0.2, 0.25) is 0 Å². The number of rotatable bonds is 5. The van der Waals surface area contributed by atoms with E-state index in [0.717, 1.165) is 11.8 Å². The summed E-state index contributed by atoms with van der Waals surface area (Å²) in [4.78, 5) is 10.5. The summed E-state index contributed by atoms with van der Waals surface area (Å²) in [6.07, 6.45) is 0. The number of thioether (sulfide) groups is 1. The number of nitrogens with two attached hydrogens (primary N) is 1. The number of carbonyl (C=O) groups is 1. The highest BCUT2D eigenvalue weighted by Crippen LogP contribution is 2.29. The van der Waals surface area contributed by atoms with Gasteiger partial charge in [-0.05, 0) is 12.1 Å². The monoisotopic (exact) mass is 280 g/mol. The number of benzene rings is 1. The highest BCUT2D eigenvalue weighted by Gasteiger charge is 2.16. The number of hydrogen-bond donors (Lipinski definition) is 2. The Bertz CT molecular complexity index is 599. The van der Waals surface area contributed by atoms with Crippen molar-refractivity contribution in [2.75, 3.05) is 18.7 Å². The van der Waals surface area contributed by atoms with Gasteiger partial charge in [0.1, 0.15) is 5.75 Å². The fourth-order valence-electron chi connectivity index (χ4n) is 1.51. The molecule has 7 nitrogen and oxygen atoms in total. The number of carboxylic acids is 1. The van der Waals surface area contributed by atoms with E-state index in [0.29, 0.717) is 22.3 Å². The van der Waals surface area contributed by atoms with Gasteiger partial charge >= 0.3 is 5.97 Å². The number of nitrogens with zero attached hydrogens (tertiary/aromatic N) is 3. The predicted molar refractivity (Wildman–Crippen MR) is 70.5 cm³/mol. The van der Waals surface area contributed by atoms with Gasteiger partial charge in [-0.1, -0.05) is 23.9 Å². The topological polar surface area (TPSA) is 103 Å². The molecule has 0 unspecified atom stereocenters. The quantitative estimate of drug-likeness (QED) is 0.618. The van der Waals surface area contributed by atoms with Crippen molar-refractivity contribution in [3.63, 3.8) is 0 Å². The van der Waals surface area contributed by atoms with Crippen molar-refractivity contribution in [3.8, 4) is 17.1 Å². The third-order valence-corrected chi connectivity index (χ3v) is 3.26. The van der Waals surface area contributed by atoms with Crippen molar-refractivity contribution in [1.29, 1.82) is 0 Å². The number of ether oxygens (including phenoxy) is 1. The zero-order chi connectivity index (χ0) is 13.8. The van der Waals surface area contributed by atoms with Gasteiger partial charge in [-0.15, -0.1) is 10.2 Å². The Morgan fingerprint density at radius 1 is 1.47 bits per heavy atom. The van der Waals surface area contributed by atoms with Gasteiger partial charge in [0.25, 0.3) is 0 Å². The van der Waals surface area contributed by atoms with Gasteiger partial charge in [0.2, 0.25) is 5.16 Å². The molecule has 3 N–H and O–H groups in total. The molecule has 0 atom stereocenters. The molecule has 1 aromatic heterocycles. The molecular weight excluding hydrogens is 268 g/mol. The molecule has 0 aliphatic carbocycles. The van der Waals surface area contributed by atoms with Gasteiger partial charge in [-0.2, -0.15) is 0 Å². The van der Waals surface area contributed by atoms with Gasteiger partial charge in [-0.25, -0.2) is 4.68 Å². The Kier molecular flexibility index (Phi) is 3.91. The summed E-state index contributed by atoms with van der Waals surface area (Å²) >= 11 is 1.01. The van der Waals surface area contributed by atoms with E-state index in [-0.39, 0.29) is 5.75 Å². The van der Waals surface area contributed by atoms with E-state index in [1.54, 1.807) is 19.2 Å². The van der Waals surface area contributed by atoms with E-state index in [9.17, 15) is 4.79 Å². The Morgan fingerprint density at radius 3 is 2.89 bits per heavy atom. The summed E-state index contributed by atoms with van der Waals surface area (Å²) in [5.74, 6) is 5.85. The predicted octanol–water partition coefficient (Wildman–Crippen LogP) is 0.844. The second kappa shape index (κ2) is 5.61. The Labute approximate surface area is 113 Å². The maximum absolute atomic E-state index is 10.5. The molecular formula is C11H12N4O3S. The van der Waals surface area contributed by atoms with Crippen molar-refractivity contribution >= 4 is 17.7 Å². The van der Waals surface area contributed by atoms with Crippen molar-refractivity contribution in [1.82, 2.24) is 14.9 Å². The molecule has 0 bridgehead atoms. The summed E-state index contributed by atoms with van der Waals surface area (Å²) < 4.78 is 6.48. The van der Waals surface area contributed by atoms with Gasteiger partial charge < -0.3 is 15.7 Å². The van der Waals surface area contributed by atoms with E-state index < -0.39 is 5.97 Å². The lowest BCUT2D eigenvalue weighted by Crippen LogP contribution is -2.12. The fourth-order valence-corrected chi connectivity index (χ4v) is 2.09. The normalized spacial score (nSPS) is 10.4. The third-order valence-electron chi connectivity index (χ3n) is 2.34. The number of nitrogen functional groups attached to an aromatic ring is 1. The number of aliphatic carboxylic acids is 1. The highest BCUT2D eigenvalue weighted by atomic mass is 32.2. The first kappa shape index (κ1) is 13.2. The smallest absolute Gasteiger partial charge is 0.313 e. The van der Waals surface area contributed by atoms with E-state index in [1.165, 1.54) is 4.68 Å². The number of aromatic nitrogens is 3. The van der Waals surface area contributed by atoms with E-state index >= 15 is 0 Å². The number of carboxylic acid groups (broad SMARTS) is 1. The fraction of sp³-hybridized carbons (Fsp3) is 0.182. The van der Waals surface area contributed by atoms with Gasteiger partial charge in [-0.3, -0.25) is 4.79 Å². The standard InChI is InChI=1S/C11H12N4O3S/c1-18-8-5-3-2-4-7(8)10-13-14-11(15(10)12)19-6-9(16)17/h2-5H,6,12H2,1H3,(H,16,17). The van der Waals surface area contributed by atoms with Gasteiger partial charge in [0.05, 0.1) is 18.4 Å². The first-order valence-corrected chi connectivity index (χ1v) is 6.30. The van der Waals surface area contributed by atoms with Crippen LogP contribution in [0.5, 0.6) is 5.75 Å². The van der Waals surface area contributed by atoms with E-state index in [1.807, 2.05) is 12.1 Å². The summed E-state index contributed by atoms with van der Waals surface area (Å²) in [5, 5.41) is 16.8. The Hall–Kier alpha value is -2.22. The zero-order valence-corrected chi connectivity index (χ0v) is 10.9. The Balaban J connectivity index is 2.33. The van der Waals surface area contributed by atoms with Crippen LogP contribution in [-0.4, -0.2) is 38.8 Å². The molecule has 0 saturated heterocycles. The summed E-state index contributed by atoms with van der Waals surface area (Å²) in [7, 11) is 1.55. The number of para-hydroxylation sites is 1. The van der Waals surface area contributed by atoms with Crippen LogP contribution >= 0.6 is 11.8 Å². The molecule has 0 saturated carbocycles. The van der Waals surface area contributed by atoms with Crippen LogP contribution in [0.25, 0.3) is 11.4 Å². The summed E-state index contributed by atoms with van der Waals surface area (Å²) in [6, 6.07) is 7.25. The molecule has 8 heteroatoms. The minimum absolute atomic E-state index is 0.124. The third kappa shape index (κ3) is 2.79. The van der Waals surface area contributed by atoms with Crippen molar-refractivity contribution < 1.29 is 14.6 Å². The molecule has 0 aliphatic rings. The minimum Gasteiger partial charge on any atom is -0.496 e. The SMILES string of the molecule is COc1ccccc1-c1nnc(SCC(=O)O)n1N. The van der Waals surface area contributed by atoms with Crippen molar-refractivity contribution in [2.45, 2.75) is 5.16 Å². The molecule has 19 heavy (non-hydrogen) atoms. The van der Waals surface area contributed by atoms with Crippen LogP contribution in [-0.2, 0) is 4.79 Å². The van der Waals surface area contributed by atoms with Crippen LogP contribution in [0.3, 0.4) is 0 Å². The molecule has 100 valence electrons. The maximum atomic E-state index is 10.5. The molecule has 0 radical (unpaired) electrons. The molecule has 0 amide bonds. The minimum atomic E-state index is -0.938. The zero-order valence-electron chi connectivity index (χ0n) is 10.1. The van der Waals surface area contributed by atoms with E-state index in [4.69, 9.17) is 15.7 Å². The average Bonchev–Trinajstić information content (AvgIpc) is 2.77. The molecule has 1 aromatic carbocycles. The van der Waals surface area contributed by atoms with Crippen LogP contribution in [0.1, 0.15) is 0 Å². The first-order chi connectivity index (χ1) is 9.13. The highest BCUT2D eigenvalue weighted by molar-refractivity contribution is 7.99. The van der Waals surface area contributed by atoms with E-state index in [2.05, 4.69) is 10.2 Å². The lowest BCUT2D eigenvalue weighted by Gasteiger charge is -2.07. The number of methoxy groups -OCH3 is 1. The largest absolute Gasteiger partial charge is 0.496 e. The van der Waals surface area contributed by atoms with Crippen LogP contribution in [0, 0.1) is 0 Å². The molecule has 0 aliphatic heterocycles. The first-order valence-electron chi connectivity index (χ1n) is 5.32. The molecule has 2 rings (SSSR count). The van der Waals surface area contributed by atoms with Gasteiger partial charge in [0.15, 0.2) is 5.82 Å². The number of hydrogen-bond acceptors (Lipinski definition) is 6. The second-order valence-corrected chi connectivity index (χ2v) is 4.50.